The second kappa shape index (κ2) is 6.28. The highest BCUT2D eigenvalue weighted by atomic mass is 19.1. The van der Waals surface area contributed by atoms with Gasteiger partial charge in [0.25, 0.3) is 0 Å². The summed E-state index contributed by atoms with van der Waals surface area (Å²) in [4.78, 5) is 5.80. The lowest BCUT2D eigenvalue weighted by Crippen LogP contribution is -2.31. The third-order valence-electron chi connectivity index (χ3n) is 5.31. The number of hydrogen-bond acceptors (Lipinski definition) is 3. The van der Waals surface area contributed by atoms with Crippen LogP contribution in [0.1, 0.15) is 22.7 Å². The van der Waals surface area contributed by atoms with E-state index in [1.165, 1.54) is 5.39 Å². The molecule has 0 fully saturated rings. The van der Waals surface area contributed by atoms with E-state index in [1.807, 2.05) is 18.2 Å². The molecule has 1 aliphatic heterocycles. The van der Waals surface area contributed by atoms with Crippen molar-refractivity contribution in [3.8, 4) is 11.3 Å². The van der Waals surface area contributed by atoms with Crippen LogP contribution in [0.4, 0.5) is 4.39 Å². The van der Waals surface area contributed by atoms with E-state index in [9.17, 15) is 4.39 Å². The maximum absolute atomic E-state index is 15.0. The summed E-state index contributed by atoms with van der Waals surface area (Å²) in [6.07, 6.45) is 1.60. The third-order valence-corrected chi connectivity index (χ3v) is 5.31. The van der Waals surface area contributed by atoms with E-state index in [1.54, 1.807) is 24.4 Å². The van der Waals surface area contributed by atoms with Crippen LogP contribution in [0.15, 0.2) is 60.8 Å². The fraction of sp³-hybridized carbons (Fsp3) is 0.182. The predicted octanol–water partition coefficient (Wildman–Crippen LogP) is 4.34. The Balaban J connectivity index is 1.64. The van der Waals surface area contributed by atoms with Crippen molar-refractivity contribution >= 4 is 10.9 Å². The lowest BCUT2D eigenvalue weighted by molar-refractivity contribution is 0.293. The van der Waals surface area contributed by atoms with Crippen LogP contribution in [-0.4, -0.2) is 33.7 Å². The van der Waals surface area contributed by atoms with E-state index < -0.39 is 0 Å². The Hall–Kier alpha value is -3.05. The van der Waals surface area contributed by atoms with Gasteiger partial charge in [0.1, 0.15) is 5.82 Å². The molecule has 0 saturated carbocycles. The smallest absolute Gasteiger partial charge is 0.132 e. The maximum Gasteiger partial charge on any atom is 0.132 e. The Morgan fingerprint density at radius 1 is 1.11 bits per heavy atom. The first-order valence-corrected chi connectivity index (χ1v) is 9.05. The van der Waals surface area contributed by atoms with Gasteiger partial charge in [-0.25, -0.2) is 4.39 Å². The summed E-state index contributed by atoms with van der Waals surface area (Å²) in [6.45, 7) is 1.64. The lowest BCUT2D eigenvalue weighted by atomic mass is 9.86. The number of halogens is 1. The predicted molar refractivity (Wildman–Crippen MR) is 104 cm³/mol. The molecule has 134 valence electrons. The molecule has 0 aliphatic carbocycles. The van der Waals surface area contributed by atoms with E-state index in [-0.39, 0.29) is 11.7 Å². The summed E-state index contributed by atoms with van der Waals surface area (Å²) in [5.41, 5.74) is 5.48. The molecule has 3 heterocycles. The van der Waals surface area contributed by atoms with Gasteiger partial charge in [0.05, 0.1) is 5.69 Å². The number of fused-ring (bicyclic) bond motifs is 2. The molecule has 4 nitrogen and oxygen atoms in total. The number of para-hydroxylation sites is 1. The highest BCUT2D eigenvalue weighted by Gasteiger charge is 2.28. The molecule has 0 bridgehead atoms. The number of nitrogens with zero attached hydrogens (tertiary/aromatic N) is 3. The second-order valence-corrected chi connectivity index (χ2v) is 7.20. The van der Waals surface area contributed by atoms with Crippen LogP contribution in [0.25, 0.3) is 22.2 Å². The van der Waals surface area contributed by atoms with Crippen molar-refractivity contribution in [2.24, 2.45) is 0 Å². The summed E-state index contributed by atoms with van der Waals surface area (Å²) >= 11 is 0. The van der Waals surface area contributed by atoms with Crippen molar-refractivity contribution in [1.29, 1.82) is 0 Å². The lowest BCUT2D eigenvalue weighted by Gasteiger charge is -2.32. The summed E-state index contributed by atoms with van der Waals surface area (Å²) < 4.78 is 15.0. The topological polar surface area (TPSA) is 44.8 Å². The van der Waals surface area contributed by atoms with Crippen molar-refractivity contribution in [3.05, 3.63) is 83.4 Å². The van der Waals surface area contributed by atoms with Gasteiger partial charge in [-0.1, -0.05) is 18.2 Å². The highest BCUT2D eigenvalue weighted by Crippen LogP contribution is 2.37. The zero-order valence-electron chi connectivity index (χ0n) is 15.0. The molecule has 1 N–H and O–H groups in total. The van der Waals surface area contributed by atoms with Gasteiger partial charge in [0, 0.05) is 42.0 Å². The molecule has 27 heavy (non-hydrogen) atoms. The fourth-order valence-corrected chi connectivity index (χ4v) is 4.05. The summed E-state index contributed by atoms with van der Waals surface area (Å²) in [5.74, 6) is -0.142. The van der Waals surface area contributed by atoms with Gasteiger partial charge < -0.3 is 9.88 Å². The minimum absolute atomic E-state index is 0.108. The number of nitrogens with one attached hydrogen (secondary N) is 1. The normalized spacial score (nSPS) is 17.2. The third kappa shape index (κ3) is 2.80. The maximum atomic E-state index is 15.0. The standard InChI is InChI=1S/C22H19FN4/c1-27-12-15-9-17(21-7-4-8-24-26-21)19(23)11-16(15)18(13-27)22-10-14-5-2-3-6-20(14)25-22/h2-11,18,25H,12-13H2,1H3. The molecule has 1 atom stereocenters. The summed E-state index contributed by atoms with van der Waals surface area (Å²) in [7, 11) is 2.10. The molecule has 4 aromatic rings. The minimum atomic E-state index is -0.250. The molecule has 0 radical (unpaired) electrons. The van der Waals surface area contributed by atoms with Crippen LogP contribution in [0.2, 0.25) is 0 Å². The second-order valence-electron chi connectivity index (χ2n) is 7.20. The van der Waals surface area contributed by atoms with Crippen LogP contribution in [0.3, 0.4) is 0 Å². The first kappa shape index (κ1) is 16.1. The molecule has 2 aromatic heterocycles. The van der Waals surface area contributed by atoms with Gasteiger partial charge in [0.2, 0.25) is 0 Å². The van der Waals surface area contributed by atoms with Gasteiger partial charge in [-0.05, 0) is 60.0 Å². The summed E-state index contributed by atoms with van der Waals surface area (Å²) in [6, 6.07) is 17.6. The molecule has 5 heteroatoms. The van der Waals surface area contributed by atoms with Crippen LogP contribution in [-0.2, 0) is 6.54 Å². The van der Waals surface area contributed by atoms with Gasteiger partial charge in [-0.3, -0.25) is 0 Å². The highest BCUT2D eigenvalue weighted by molar-refractivity contribution is 5.80. The van der Waals surface area contributed by atoms with Crippen molar-refractivity contribution < 1.29 is 4.39 Å². The van der Waals surface area contributed by atoms with Crippen LogP contribution >= 0.6 is 0 Å². The number of aromatic nitrogens is 3. The molecule has 1 aliphatic rings. The van der Waals surface area contributed by atoms with Crippen molar-refractivity contribution in [1.82, 2.24) is 20.1 Å². The average Bonchev–Trinajstić information content (AvgIpc) is 3.12. The van der Waals surface area contributed by atoms with Gasteiger partial charge >= 0.3 is 0 Å². The molecule has 0 spiro atoms. The quantitative estimate of drug-likeness (QED) is 0.580. The number of H-pyrrole nitrogens is 1. The largest absolute Gasteiger partial charge is 0.358 e. The first-order valence-electron chi connectivity index (χ1n) is 9.05. The van der Waals surface area contributed by atoms with Gasteiger partial charge in [-0.2, -0.15) is 10.2 Å². The minimum Gasteiger partial charge on any atom is -0.358 e. The Kier molecular flexibility index (Phi) is 3.76. The molecular weight excluding hydrogens is 339 g/mol. The SMILES string of the molecule is CN1Cc2cc(-c3cccnn3)c(F)cc2C(c2cc3ccccc3[nH]2)C1. The Morgan fingerprint density at radius 2 is 2.00 bits per heavy atom. The van der Waals surface area contributed by atoms with Crippen molar-refractivity contribution in [2.75, 3.05) is 13.6 Å². The molecular formula is C22H19FN4. The monoisotopic (exact) mass is 358 g/mol. The molecule has 0 saturated heterocycles. The van der Waals surface area contributed by atoms with E-state index >= 15 is 0 Å². The zero-order valence-corrected chi connectivity index (χ0v) is 15.0. The van der Waals surface area contributed by atoms with E-state index in [2.05, 4.69) is 45.3 Å². The molecule has 0 amide bonds. The van der Waals surface area contributed by atoms with Crippen LogP contribution in [0.5, 0.6) is 0 Å². The number of benzene rings is 2. The first-order chi connectivity index (χ1) is 13.2. The Bertz CT molecular complexity index is 1090. The number of aromatic amines is 1. The molecule has 1 unspecified atom stereocenters. The summed E-state index contributed by atoms with van der Waals surface area (Å²) in [5, 5.41) is 9.14. The van der Waals surface area contributed by atoms with Crippen LogP contribution < -0.4 is 0 Å². The van der Waals surface area contributed by atoms with E-state index in [0.717, 1.165) is 35.4 Å². The zero-order chi connectivity index (χ0) is 18.4. The van der Waals surface area contributed by atoms with Crippen molar-refractivity contribution in [2.45, 2.75) is 12.5 Å². The fourth-order valence-electron chi connectivity index (χ4n) is 4.05. The number of likely N-dealkylation sites (N-methyl/N-ethyl adjacent to an activating group) is 1. The van der Waals surface area contributed by atoms with Gasteiger partial charge in [0.15, 0.2) is 0 Å². The number of rotatable bonds is 2. The average molecular weight is 358 g/mol. The van der Waals surface area contributed by atoms with Crippen LogP contribution in [0, 0.1) is 5.82 Å². The Morgan fingerprint density at radius 3 is 2.81 bits per heavy atom. The Labute approximate surface area is 156 Å². The van der Waals surface area contributed by atoms with E-state index in [4.69, 9.17) is 0 Å². The molecule has 2 aromatic carbocycles. The van der Waals surface area contributed by atoms with Crippen molar-refractivity contribution in [3.63, 3.8) is 0 Å². The van der Waals surface area contributed by atoms with Gasteiger partial charge in [-0.15, -0.1) is 0 Å². The molecule has 5 rings (SSSR count). The number of hydrogen-bond donors (Lipinski definition) is 1. The van der Waals surface area contributed by atoms with E-state index in [0.29, 0.717) is 11.3 Å².